The Morgan fingerprint density at radius 1 is 1.04 bits per heavy atom. The highest BCUT2D eigenvalue weighted by molar-refractivity contribution is 5.55. The minimum absolute atomic E-state index is 0. The molecule has 0 spiro atoms. The fraction of sp³-hybridized carbons (Fsp3) is 0.882. The van der Waals surface area contributed by atoms with E-state index in [4.69, 9.17) is 14.2 Å². The molecule has 1 rings (SSSR count). The van der Waals surface area contributed by atoms with Crippen molar-refractivity contribution in [3.05, 3.63) is 0 Å². The molecular weight excluding hydrogens is 332 g/mol. The number of aliphatic hydroxyl groups is 2. The molecule has 25 heavy (non-hydrogen) atoms. The molecule has 0 aromatic heterocycles. The summed E-state index contributed by atoms with van der Waals surface area (Å²) in [6.45, 7) is 7.12. The van der Waals surface area contributed by atoms with E-state index < -0.39 is 24.8 Å². The smallest absolute Gasteiger partial charge is 0.214 e. The van der Waals surface area contributed by atoms with Gasteiger partial charge in [-0.2, -0.15) is 0 Å². The molecule has 6 unspecified atom stereocenters. The van der Waals surface area contributed by atoms with Gasteiger partial charge in [-0.15, -0.1) is 0 Å². The molecule has 1 aliphatic heterocycles. The van der Waals surface area contributed by atoms with Gasteiger partial charge in [0, 0.05) is 26.1 Å². The lowest BCUT2D eigenvalue weighted by Crippen LogP contribution is -2.53. The summed E-state index contributed by atoms with van der Waals surface area (Å²) in [6, 6.07) is 0. The maximum Gasteiger partial charge on any atom is 0.214 e. The van der Waals surface area contributed by atoms with Gasteiger partial charge in [0.15, 0.2) is 12.6 Å². The van der Waals surface area contributed by atoms with Crippen LogP contribution in [-0.4, -0.2) is 74.0 Å². The Labute approximate surface area is 150 Å². The molecular formula is C17H34O8. The molecule has 150 valence electrons. The average Bonchev–Trinajstić information content (AvgIpc) is 2.60. The third-order valence-corrected chi connectivity index (χ3v) is 4.14. The van der Waals surface area contributed by atoms with E-state index in [0.717, 1.165) is 6.29 Å². The summed E-state index contributed by atoms with van der Waals surface area (Å²) < 4.78 is 19.9. The minimum Gasteiger partial charge on any atom is -0.390 e. The first-order valence-corrected chi connectivity index (χ1v) is 7.86. The number of methoxy groups -OCH3 is 2. The summed E-state index contributed by atoms with van der Waals surface area (Å²) in [6.07, 6.45) is -2.35. The largest absolute Gasteiger partial charge is 0.390 e. The average molecular weight is 366 g/mol. The van der Waals surface area contributed by atoms with E-state index in [1.807, 2.05) is 13.8 Å². The van der Waals surface area contributed by atoms with Crippen molar-refractivity contribution in [1.29, 1.82) is 0 Å². The summed E-state index contributed by atoms with van der Waals surface area (Å²) in [5.74, 6) is -0.297. The monoisotopic (exact) mass is 366 g/mol. The molecule has 1 saturated heterocycles. The standard InChI is InChI=1S/C8H16O4.C8H14O4.CH4/c1-4-5(2)12-8(11-3)7(10)6(4)9;1-6(4-9)7(2)12-8(5-10)11-3;/h4-10H,1-3H3;4-8H,1-3H3;1H4/t4-,5?,6?,7?,8?;6-,7?,8?;/m01./s1. The fourth-order valence-corrected chi connectivity index (χ4v) is 1.95. The van der Waals surface area contributed by atoms with Gasteiger partial charge in [-0.3, -0.25) is 4.79 Å². The Morgan fingerprint density at radius 2 is 1.60 bits per heavy atom. The van der Waals surface area contributed by atoms with Gasteiger partial charge in [-0.25, -0.2) is 0 Å². The minimum atomic E-state index is -0.943. The van der Waals surface area contributed by atoms with Gasteiger partial charge in [0.1, 0.15) is 12.4 Å². The number of carbonyl (C=O) groups excluding carboxylic acids is 2. The lowest BCUT2D eigenvalue weighted by atomic mass is 9.92. The maximum atomic E-state index is 10.3. The van der Waals surface area contributed by atoms with Crippen molar-refractivity contribution in [3.8, 4) is 0 Å². The second kappa shape index (κ2) is 13.3. The van der Waals surface area contributed by atoms with Crippen LogP contribution >= 0.6 is 0 Å². The highest BCUT2D eigenvalue weighted by Crippen LogP contribution is 2.25. The molecule has 1 heterocycles. The summed E-state index contributed by atoms with van der Waals surface area (Å²) in [7, 11) is 2.82. The van der Waals surface area contributed by atoms with Gasteiger partial charge in [0.05, 0.1) is 18.3 Å². The van der Waals surface area contributed by atoms with Gasteiger partial charge in [-0.1, -0.05) is 21.3 Å². The van der Waals surface area contributed by atoms with Crippen molar-refractivity contribution in [3.63, 3.8) is 0 Å². The van der Waals surface area contributed by atoms with Gasteiger partial charge < -0.3 is 34.0 Å². The molecule has 0 radical (unpaired) electrons. The van der Waals surface area contributed by atoms with Crippen LogP contribution in [0.1, 0.15) is 35.1 Å². The van der Waals surface area contributed by atoms with E-state index in [-0.39, 0.29) is 31.5 Å². The van der Waals surface area contributed by atoms with Gasteiger partial charge >= 0.3 is 0 Å². The Bertz CT molecular complexity index is 360. The van der Waals surface area contributed by atoms with Crippen LogP contribution in [0.4, 0.5) is 0 Å². The van der Waals surface area contributed by atoms with E-state index in [1.165, 1.54) is 14.2 Å². The van der Waals surface area contributed by atoms with Crippen molar-refractivity contribution in [2.45, 2.75) is 72.1 Å². The number of hydrogen-bond acceptors (Lipinski definition) is 8. The van der Waals surface area contributed by atoms with Crippen LogP contribution in [0.2, 0.25) is 0 Å². The molecule has 0 aliphatic carbocycles. The van der Waals surface area contributed by atoms with Crippen molar-refractivity contribution < 1.29 is 38.7 Å². The quantitative estimate of drug-likeness (QED) is 0.502. The van der Waals surface area contributed by atoms with Crippen LogP contribution in [0.25, 0.3) is 0 Å². The second-order valence-electron chi connectivity index (χ2n) is 5.86. The molecule has 0 bridgehead atoms. The Morgan fingerprint density at radius 3 is 2.00 bits per heavy atom. The molecule has 0 aromatic carbocycles. The number of aldehydes is 2. The van der Waals surface area contributed by atoms with E-state index in [0.29, 0.717) is 6.29 Å². The van der Waals surface area contributed by atoms with Crippen molar-refractivity contribution in [2.75, 3.05) is 14.2 Å². The molecule has 0 amide bonds. The molecule has 0 aromatic rings. The lowest BCUT2D eigenvalue weighted by Gasteiger charge is -2.39. The Kier molecular flexibility index (Phi) is 14.0. The highest BCUT2D eigenvalue weighted by Gasteiger charge is 2.40. The van der Waals surface area contributed by atoms with Crippen molar-refractivity contribution >= 4 is 12.6 Å². The van der Waals surface area contributed by atoms with E-state index in [1.54, 1.807) is 13.8 Å². The third kappa shape index (κ3) is 8.35. The first kappa shape index (κ1) is 26.3. The zero-order chi connectivity index (χ0) is 18.9. The molecule has 1 fully saturated rings. The summed E-state index contributed by atoms with van der Waals surface area (Å²) in [5.41, 5.74) is 0. The predicted molar refractivity (Wildman–Crippen MR) is 91.9 cm³/mol. The first-order valence-electron chi connectivity index (χ1n) is 7.86. The third-order valence-electron chi connectivity index (χ3n) is 4.14. The van der Waals surface area contributed by atoms with Crippen LogP contribution in [0.3, 0.4) is 0 Å². The Balaban J connectivity index is 0. The van der Waals surface area contributed by atoms with E-state index >= 15 is 0 Å². The van der Waals surface area contributed by atoms with Gasteiger partial charge in [-0.05, 0) is 13.8 Å². The fourth-order valence-electron chi connectivity index (χ4n) is 1.95. The summed E-state index contributed by atoms with van der Waals surface area (Å²) >= 11 is 0. The molecule has 8 nitrogen and oxygen atoms in total. The molecule has 8 heteroatoms. The summed E-state index contributed by atoms with van der Waals surface area (Å²) in [4.78, 5) is 20.5. The van der Waals surface area contributed by atoms with E-state index in [9.17, 15) is 19.8 Å². The molecule has 8 atom stereocenters. The first-order chi connectivity index (χ1) is 11.2. The topological polar surface area (TPSA) is 112 Å². The highest BCUT2D eigenvalue weighted by atomic mass is 16.7. The zero-order valence-corrected chi connectivity index (χ0v) is 15.1. The Hall–Kier alpha value is -0.900. The van der Waals surface area contributed by atoms with Crippen molar-refractivity contribution in [2.24, 2.45) is 11.8 Å². The maximum absolute atomic E-state index is 10.3. The van der Waals surface area contributed by atoms with Crippen molar-refractivity contribution in [1.82, 2.24) is 0 Å². The zero-order valence-electron chi connectivity index (χ0n) is 15.1. The predicted octanol–water partition coefficient (Wildman–Crippen LogP) is 0.770. The van der Waals surface area contributed by atoms with Crippen LogP contribution in [0.5, 0.6) is 0 Å². The number of rotatable bonds is 7. The van der Waals surface area contributed by atoms with Crippen LogP contribution in [0, 0.1) is 11.8 Å². The number of carbonyl (C=O) groups is 2. The normalized spacial score (nSPS) is 32.2. The number of hydrogen-bond donors (Lipinski definition) is 2. The second-order valence-corrected chi connectivity index (χ2v) is 5.86. The number of aliphatic hydroxyl groups excluding tert-OH is 2. The van der Waals surface area contributed by atoms with Crippen LogP contribution < -0.4 is 0 Å². The molecule has 1 aliphatic rings. The van der Waals surface area contributed by atoms with Crippen LogP contribution in [-0.2, 0) is 28.5 Å². The summed E-state index contributed by atoms with van der Waals surface area (Å²) in [5, 5.41) is 18.9. The number of ether oxygens (including phenoxy) is 4. The van der Waals surface area contributed by atoms with Gasteiger partial charge in [0.2, 0.25) is 6.29 Å². The molecule has 2 N–H and O–H groups in total. The van der Waals surface area contributed by atoms with Gasteiger partial charge in [0.25, 0.3) is 0 Å². The SMILES string of the molecule is C.COC(C=O)OC(C)[C@H](C)C=O.COC1OC(C)[C@H](C)C(O)C1O. The molecule has 0 saturated carbocycles. The van der Waals surface area contributed by atoms with Crippen LogP contribution in [0.15, 0.2) is 0 Å². The lowest BCUT2D eigenvalue weighted by molar-refractivity contribution is -0.271. The van der Waals surface area contributed by atoms with E-state index in [2.05, 4.69) is 4.74 Å².